The molecule has 1 saturated heterocycles. The zero-order valence-corrected chi connectivity index (χ0v) is 11.8. The highest BCUT2D eigenvalue weighted by molar-refractivity contribution is 9.10. The van der Waals surface area contributed by atoms with Crippen molar-refractivity contribution in [3.8, 4) is 0 Å². The van der Waals surface area contributed by atoms with Gasteiger partial charge >= 0.3 is 0 Å². The second-order valence-corrected chi connectivity index (χ2v) is 6.31. The van der Waals surface area contributed by atoms with E-state index in [4.69, 9.17) is 0 Å². The molecule has 16 heavy (non-hydrogen) atoms. The summed E-state index contributed by atoms with van der Waals surface area (Å²) < 4.78 is 2.64. The number of hydrogen-bond acceptors (Lipinski definition) is 3. The molecule has 88 valence electrons. The van der Waals surface area contributed by atoms with Crippen LogP contribution >= 0.6 is 27.7 Å². The minimum Gasteiger partial charge on any atom is -0.292 e. The van der Waals surface area contributed by atoms with Gasteiger partial charge in [0.25, 0.3) is 0 Å². The number of carbonyl (C=O) groups is 1. The Balaban J connectivity index is 2.31. The topological polar surface area (TPSA) is 34.9 Å². The lowest BCUT2D eigenvalue weighted by Crippen LogP contribution is -2.20. The zero-order valence-electron chi connectivity index (χ0n) is 9.44. The van der Waals surface area contributed by atoms with Crippen LogP contribution in [0.4, 0.5) is 0 Å². The van der Waals surface area contributed by atoms with Crippen molar-refractivity contribution in [2.75, 3.05) is 11.5 Å². The molecule has 0 aromatic carbocycles. The van der Waals surface area contributed by atoms with Gasteiger partial charge in [0.05, 0.1) is 10.7 Å². The van der Waals surface area contributed by atoms with E-state index in [2.05, 4.69) is 21.0 Å². The number of rotatable bonds is 3. The standard InChI is InChI=1S/C11H15BrN2OS/c1-7(2)14-10(9(12)5-13-14)11(15)8-3-4-16-6-8/h5,7-8H,3-4,6H2,1-2H3. The lowest BCUT2D eigenvalue weighted by molar-refractivity contribution is 0.0920. The van der Waals surface area contributed by atoms with E-state index in [1.54, 1.807) is 6.20 Å². The van der Waals surface area contributed by atoms with E-state index in [1.165, 1.54) is 0 Å². The molecule has 2 rings (SSSR count). The summed E-state index contributed by atoms with van der Waals surface area (Å²) in [4.78, 5) is 12.4. The van der Waals surface area contributed by atoms with Gasteiger partial charge in [0.2, 0.25) is 0 Å². The first-order valence-electron chi connectivity index (χ1n) is 5.46. The average Bonchev–Trinajstić information content (AvgIpc) is 2.84. The number of thioether (sulfide) groups is 1. The van der Waals surface area contributed by atoms with Crippen LogP contribution in [-0.4, -0.2) is 27.1 Å². The summed E-state index contributed by atoms with van der Waals surface area (Å²) in [6, 6.07) is 0.222. The molecule has 0 radical (unpaired) electrons. The Morgan fingerprint density at radius 3 is 3.00 bits per heavy atom. The lowest BCUT2D eigenvalue weighted by Gasteiger charge is -2.13. The Hall–Kier alpha value is -0.290. The summed E-state index contributed by atoms with van der Waals surface area (Å²) >= 11 is 5.28. The monoisotopic (exact) mass is 302 g/mol. The van der Waals surface area contributed by atoms with Crippen molar-refractivity contribution in [1.29, 1.82) is 0 Å². The molecule has 0 bridgehead atoms. The minimum atomic E-state index is 0.176. The van der Waals surface area contributed by atoms with Crippen LogP contribution in [0.1, 0.15) is 36.8 Å². The molecule has 0 N–H and O–H groups in total. The maximum atomic E-state index is 12.4. The molecule has 1 aliphatic heterocycles. The van der Waals surface area contributed by atoms with Crippen LogP contribution in [-0.2, 0) is 0 Å². The highest BCUT2D eigenvalue weighted by Gasteiger charge is 2.29. The van der Waals surface area contributed by atoms with Gasteiger partial charge in [-0.15, -0.1) is 0 Å². The molecule has 0 saturated carbocycles. The SMILES string of the molecule is CC(C)n1ncc(Br)c1C(=O)C1CCSC1. The Morgan fingerprint density at radius 1 is 1.69 bits per heavy atom. The van der Waals surface area contributed by atoms with Crippen molar-refractivity contribution in [2.24, 2.45) is 5.92 Å². The second kappa shape index (κ2) is 4.92. The summed E-state index contributed by atoms with van der Waals surface area (Å²) in [6.07, 6.45) is 2.72. The molecule has 1 unspecified atom stereocenters. The van der Waals surface area contributed by atoms with E-state index in [-0.39, 0.29) is 17.7 Å². The molecule has 0 amide bonds. The predicted molar refractivity (Wildman–Crippen MR) is 70.1 cm³/mol. The Labute approximate surface area is 108 Å². The summed E-state index contributed by atoms with van der Waals surface area (Å²) in [5, 5.41) is 4.25. The van der Waals surface area contributed by atoms with Crippen LogP contribution in [0, 0.1) is 5.92 Å². The molecule has 5 heteroatoms. The summed E-state index contributed by atoms with van der Waals surface area (Å²) in [5.41, 5.74) is 0.738. The molecule has 1 aromatic rings. The van der Waals surface area contributed by atoms with Gasteiger partial charge < -0.3 is 0 Å². The highest BCUT2D eigenvalue weighted by atomic mass is 79.9. The molecule has 1 fully saturated rings. The molecular formula is C11H15BrN2OS. The van der Waals surface area contributed by atoms with E-state index in [1.807, 2.05) is 30.3 Å². The van der Waals surface area contributed by atoms with Crippen molar-refractivity contribution in [3.63, 3.8) is 0 Å². The third-order valence-electron chi connectivity index (χ3n) is 2.77. The van der Waals surface area contributed by atoms with Crippen LogP contribution in [0.25, 0.3) is 0 Å². The lowest BCUT2D eigenvalue weighted by atomic mass is 10.0. The first kappa shape index (κ1) is 12.2. The van der Waals surface area contributed by atoms with Gasteiger partial charge in [-0.25, -0.2) is 0 Å². The van der Waals surface area contributed by atoms with Crippen LogP contribution in [0.2, 0.25) is 0 Å². The number of carbonyl (C=O) groups excluding carboxylic acids is 1. The second-order valence-electron chi connectivity index (χ2n) is 4.30. The minimum absolute atomic E-state index is 0.176. The van der Waals surface area contributed by atoms with Crippen molar-refractivity contribution >= 4 is 33.5 Å². The first-order valence-corrected chi connectivity index (χ1v) is 7.41. The Morgan fingerprint density at radius 2 is 2.44 bits per heavy atom. The van der Waals surface area contributed by atoms with Gasteiger partial charge in [0.1, 0.15) is 5.69 Å². The van der Waals surface area contributed by atoms with Gasteiger partial charge in [-0.1, -0.05) is 0 Å². The van der Waals surface area contributed by atoms with Crippen molar-refractivity contribution < 1.29 is 4.79 Å². The first-order chi connectivity index (χ1) is 7.61. The van der Waals surface area contributed by atoms with Crippen LogP contribution < -0.4 is 0 Å². The number of nitrogens with zero attached hydrogens (tertiary/aromatic N) is 2. The van der Waals surface area contributed by atoms with Gasteiger partial charge in [0.15, 0.2) is 5.78 Å². The summed E-state index contributed by atoms with van der Waals surface area (Å²) in [7, 11) is 0. The molecule has 2 heterocycles. The molecular weight excluding hydrogens is 288 g/mol. The van der Waals surface area contributed by atoms with Gasteiger partial charge in [-0.2, -0.15) is 16.9 Å². The summed E-state index contributed by atoms with van der Waals surface area (Å²) in [5.74, 6) is 2.47. The maximum Gasteiger partial charge on any atom is 0.185 e. The fourth-order valence-corrected chi connectivity index (χ4v) is 3.59. The largest absolute Gasteiger partial charge is 0.292 e. The van der Waals surface area contributed by atoms with Crippen molar-refractivity contribution in [1.82, 2.24) is 9.78 Å². The Bertz CT molecular complexity index is 397. The molecule has 3 nitrogen and oxygen atoms in total. The number of ketones is 1. The maximum absolute atomic E-state index is 12.4. The van der Waals surface area contributed by atoms with Crippen LogP contribution in [0.3, 0.4) is 0 Å². The third kappa shape index (κ3) is 2.20. The normalized spacial score (nSPS) is 20.6. The van der Waals surface area contributed by atoms with Crippen molar-refractivity contribution in [2.45, 2.75) is 26.3 Å². The van der Waals surface area contributed by atoms with E-state index >= 15 is 0 Å². The highest BCUT2D eigenvalue weighted by Crippen LogP contribution is 2.30. The van der Waals surface area contributed by atoms with Crippen LogP contribution in [0.5, 0.6) is 0 Å². The smallest absolute Gasteiger partial charge is 0.185 e. The third-order valence-corrected chi connectivity index (χ3v) is 4.52. The number of halogens is 1. The molecule has 0 aliphatic carbocycles. The van der Waals surface area contributed by atoms with Crippen LogP contribution in [0.15, 0.2) is 10.7 Å². The van der Waals surface area contributed by atoms with E-state index in [0.29, 0.717) is 0 Å². The molecule has 0 spiro atoms. The molecule has 1 aromatic heterocycles. The predicted octanol–water partition coefficient (Wildman–Crippen LogP) is 3.16. The molecule has 1 aliphatic rings. The summed E-state index contributed by atoms with van der Waals surface area (Å²) in [6.45, 7) is 4.08. The quantitative estimate of drug-likeness (QED) is 0.805. The van der Waals surface area contributed by atoms with Gasteiger partial charge in [-0.3, -0.25) is 9.48 Å². The van der Waals surface area contributed by atoms with Gasteiger partial charge in [-0.05, 0) is 42.0 Å². The fourth-order valence-electron chi connectivity index (χ4n) is 1.90. The number of Topliss-reactive ketones (excluding diaryl/α,β-unsaturated/α-hetero) is 1. The van der Waals surface area contributed by atoms with E-state index < -0.39 is 0 Å². The van der Waals surface area contributed by atoms with E-state index in [0.717, 1.165) is 28.1 Å². The average molecular weight is 303 g/mol. The molecule has 1 atom stereocenters. The number of aromatic nitrogens is 2. The Kier molecular flexibility index (Phi) is 3.74. The number of hydrogen-bond donors (Lipinski definition) is 0. The fraction of sp³-hybridized carbons (Fsp3) is 0.636. The van der Waals surface area contributed by atoms with E-state index in [9.17, 15) is 4.79 Å². The van der Waals surface area contributed by atoms with Gasteiger partial charge in [0, 0.05) is 17.7 Å². The zero-order chi connectivity index (χ0) is 11.7. The van der Waals surface area contributed by atoms with Crippen molar-refractivity contribution in [3.05, 3.63) is 16.4 Å².